The highest BCUT2D eigenvalue weighted by Crippen LogP contribution is 2.48. The summed E-state index contributed by atoms with van der Waals surface area (Å²) in [6, 6.07) is 12.7. The topological polar surface area (TPSA) is 21.3 Å². The second-order valence-electron chi connectivity index (χ2n) is 6.88. The van der Waals surface area contributed by atoms with Gasteiger partial charge in [0.2, 0.25) is 0 Å². The van der Waals surface area contributed by atoms with Crippen molar-refractivity contribution in [1.82, 2.24) is 0 Å². The molecule has 0 saturated heterocycles. The normalized spacial score (nSPS) is 20.7. The molecule has 0 saturated carbocycles. The third kappa shape index (κ3) is 1.87. The van der Waals surface area contributed by atoms with E-state index in [4.69, 9.17) is 4.74 Å². The van der Waals surface area contributed by atoms with Crippen molar-refractivity contribution < 1.29 is 4.74 Å². The Labute approximate surface area is 131 Å². The zero-order valence-electron chi connectivity index (χ0n) is 13.5. The molecule has 0 radical (unpaired) electrons. The van der Waals surface area contributed by atoms with Crippen molar-refractivity contribution in [3.05, 3.63) is 53.6 Å². The minimum Gasteiger partial charge on any atom is -0.485 e. The molecule has 4 rings (SSSR count). The summed E-state index contributed by atoms with van der Waals surface area (Å²) >= 11 is 0. The Morgan fingerprint density at radius 1 is 1.05 bits per heavy atom. The van der Waals surface area contributed by atoms with Gasteiger partial charge in [0.1, 0.15) is 11.9 Å². The molecule has 2 aromatic carbocycles. The SMILES string of the molecule is CC1=CC(C)(C)Nc2ccc3c(c21)[C@@H](C)Oc1ccccc1-3. The molecule has 0 bridgehead atoms. The Kier molecular flexibility index (Phi) is 2.68. The Bertz CT molecular complexity index is 801. The van der Waals surface area contributed by atoms with E-state index in [9.17, 15) is 0 Å². The molecule has 0 spiro atoms. The van der Waals surface area contributed by atoms with Crippen molar-refractivity contribution in [2.24, 2.45) is 0 Å². The first-order chi connectivity index (χ1) is 10.5. The number of ether oxygens (including phenoxy) is 1. The van der Waals surface area contributed by atoms with Gasteiger partial charge in [0.05, 0.1) is 5.54 Å². The van der Waals surface area contributed by atoms with Gasteiger partial charge in [-0.05, 0) is 51.0 Å². The molecule has 0 unspecified atom stereocenters. The lowest BCUT2D eigenvalue weighted by Gasteiger charge is -2.36. The van der Waals surface area contributed by atoms with Gasteiger partial charge in [0.25, 0.3) is 0 Å². The van der Waals surface area contributed by atoms with E-state index in [1.165, 1.54) is 33.5 Å². The van der Waals surface area contributed by atoms with Crippen molar-refractivity contribution >= 4 is 11.3 Å². The van der Waals surface area contributed by atoms with Crippen LogP contribution in [0.4, 0.5) is 5.69 Å². The van der Waals surface area contributed by atoms with E-state index < -0.39 is 0 Å². The van der Waals surface area contributed by atoms with Gasteiger partial charge < -0.3 is 10.1 Å². The summed E-state index contributed by atoms with van der Waals surface area (Å²) in [5.74, 6) is 0.980. The number of hydrogen-bond donors (Lipinski definition) is 1. The van der Waals surface area contributed by atoms with E-state index in [1.807, 2.05) is 6.07 Å². The Morgan fingerprint density at radius 3 is 2.64 bits per heavy atom. The average Bonchev–Trinajstić information content (AvgIpc) is 2.45. The fourth-order valence-electron chi connectivity index (χ4n) is 3.84. The highest BCUT2D eigenvalue weighted by Gasteiger charge is 2.31. The molecule has 112 valence electrons. The van der Waals surface area contributed by atoms with Gasteiger partial charge in [-0.3, -0.25) is 0 Å². The maximum atomic E-state index is 6.17. The fraction of sp³-hybridized carbons (Fsp3) is 0.300. The van der Waals surface area contributed by atoms with Crippen molar-refractivity contribution in [3.8, 4) is 16.9 Å². The van der Waals surface area contributed by atoms with E-state index >= 15 is 0 Å². The van der Waals surface area contributed by atoms with Gasteiger partial charge in [-0.1, -0.05) is 30.3 Å². The molecule has 2 aliphatic rings. The molecular weight excluding hydrogens is 270 g/mol. The minimum absolute atomic E-state index is 0.0119. The number of anilines is 1. The lowest BCUT2D eigenvalue weighted by molar-refractivity contribution is 0.223. The largest absolute Gasteiger partial charge is 0.485 e. The molecule has 2 nitrogen and oxygen atoms in total. The first kappa shape index (κ1) is 13.4. The maximum absolute atomic E-state index is 6.17. The highest BCUT2D eigenvalue weighted by atomic mass is 16.5. The van der Waals surface area contributed by atoms with Crippen molar-refractivity contribution in [2.75, 3.05) is 5.32 Å². The highest BCUT2D eigenvalue weighted by molar-refractivity contribution is 5.89. The van der Waals surface area contributed by atoms with Gasteiger partial charge in [0, 0.05) is 22.4 Å². The van der Waals surface area contributed by atoms with Crippen molar-refractivity contribution in [1.29, 1.82) is 0 Å². The number of allylic oxidation sites excluding steroid dienone is 1. The monoisotopic (exact) mass is 291 g/mol. The standard InChI is InChI=1S/C20H21NO/c1-12-11-20(3,4)21-16-10-9-15-14-7-5-6-8-17(14)22-13(2)19(15)18(12)16/h5-11,13,21H,1-4H3/t13-/m1/s1. The lowest BCUT2D eigenvalue weighted by Crippen LogP contribution is -2.32. The zero-order valence-corrected chi connectivity index (χ0v) is 13.5. The molecule has 0 aromatic heterocycles. The second kappa shape index (κ2) is 4.39. The van der Waals surface area contributed by atoms with Crippen LogP contribution in [0.25, 0.3) is 16.7 Å². The lowest BCUT2D eigenvalue weighted by atomic mass is 9.82. The van der Waals surface area contributed by atoms with E-state index in [2.05, 4.69) is 69.4 Å². The summed E-state index contributed by atoms with van der Waals surface area (Å²) in [7, 11) is 0. The van der Waals surface area contributed by atoms with Crippen LogP contribution in [0.1, 0.15) is 44.9 Å². The van der Waals surface area contributed by atoms with Crippen LogP contribution < -0.4 is 10.1 Å². The molecule has 1 atom stereocenters. The molecule has 1 N–H and O–H groups in total. The van der Waals surface area contributed by atoms with Gasteiger partial charge in [-0.15, -0.1) is 0 Å². The van der Waals surface area contributed by atoms with Gasteiger partial charge >= 0.3 is 0 Å². The first-order valence-corrected chi connectivity index (χ1v) is 7.87. The second-order valence-corrected chi connectivity index (χ2v) is 6.88. The van der Waals surface area contributed by atoms with Crippen LogP contribution in [0.5, 0.6) is 5.75 Å². The average molecular weight is 291 g/mol. The zero-order chi connectivity index (χ0) is 15.5. The molecule has 2 heterocycles. The summed E-state index contributed by atoms with van der Waals surface area (Å²) in [5, 5.41) is 3.63. The predicted molar refractivity (Wildman–Crippen MR) is 92.3 cm³/mol. The number of nitrogens with one attached hydrogen (secondary N) is 1. The van der Waals surface area contributed by atoms with Crippen LogP contribution >= 0.6 is 0 Å². The quantitative estimate of drug-likeness (QED) is 0.700. The van der Waals surface area contributed by atoms with Gasteiger partial charge in [-0.2, -0.15) is 0 Å². The van der Waals surface area contributed by atoms with Crippen LogP contribution in [0, 0.1) is 0 Å². The van der Waals surface area contributed by atoms with E-state index in [0.717, 1.165) is 5.75 Å². The molecular formula is C20H21NO. The molecule has 2 aromatic rings. The number of hydrogen-bond acceptors (Lipinski definition) is 2. The van der Waals surface area contributed by atoms with Crippen LogP contribution in [0.15, 0.2) is 42.5 Å². The van der Waals surface area contributed by atoms with Crippen LogP contribution in [0.3, 0.4) is 0 Å². The molecule has 2 aliphatic heterocycles. The van der Waals surface area contributed by atoms with E-state index in [1.54, 1.807) is 0 Å². The van der Waals surface area contributed by atoms with Gasteiger partial charge in [-0.25, -0.2) is 0 Å². The first-order valence-electron chi connectivity index (χ1n) is 7.87. The van der Waals surface area contributed by atoms with Crippen molar-refractivity contribution in [2.45, 2.75) is 39.3 Å². The molecule has 22 heavy (non-hydrogen) atoms. The van der Waals surface area contributed by atoms with E-state index in [0.29, 0.717) is 0 Å². The van der Waals surface area contributed by atoms with Crippen LogP contribution in [-0.4, -0.2) is 5.54 Å². The molecule has 2 heteroatoms. The Morgan fingerprint density at radius 2 is 1.82 bits per heavy atom. The Balaban J connectivity index is 2.01. The summed E-state index contributed by atoms with van der Waals surface area (Å²) < 4.78 is 6.17. The summed E-state index contributed by atoms with van der Waals surface area (Å²) in [6.07, 6.45) is 2.37. The number of fused-ring (bicyclic) bond motifs is 5. The fourth-order valence-corrected chi connectivity index (χ4v) is 3.84. The van der Waals surface area contributed by atoms with Gasteiger partial charge in [0.15, 0.2) is 0 Å². The minimum atomic E-state index is -0.0119. The summed E-state index contributed by atoms with van der Waals surface area (Å²) in [6.45, 7) is 8.75. The van der Waals surface area contributed by atoms with E-state index in [-0.39, 0.29) is 11.6 Å². The Hall–Kier alpha value is -2.22. The predicted octanol–water partition coefficient (Wildman–Crippen LogP) is 5.41. The smallest absolute Gasteiger partial charge is 0.128 e. The number of rotatable bonds is 0. The van der Waals surface area contributed by atoms with Crippen LogP contribution in [-0.2, 0) is 0 Å². The molecule has 0 fully saturated rings. The number of para-hydroxylation sites is 1. The third-order valence-corrected chi connectivity index (χ3v) is 4.56. The third-order valence-electron chi connectivity index (χ3n) is 4.56. The molecule has 0 aliphatic carbocycles. The maximum Gasteiger partial charge on any atom is 0.128 e. The number of benzene rings is 2. The summed E-state index contributed by atoms with van der Waals surface area (Å²) in [5.41, 5.74) is 7.61. The summed E-state index contributed by atoms with van der Waals surface area (Å²) in [4.78, 5) is 0. The molecule has 0 amide bonds. The van der Waals surface area contributed by atoms with Crippen molar-refractivity contribution in [3.63, 3.8) is 0 Å². The van der Waals surface area contributed by atoms with Crippen LogP contribution in [0.2, 0.25) is 0 Å².